The van der Waals surface area contributed by atoms with Crippen molar-refractivity contribution in [2.45, 2.75) is 45.2 Å². The number of hydrogen-bond donors (Lipinski definition) is 5. The first-order valence-electron chi connectivity index (χ1n) is 12.5. The van der Waals surface area contributed by atoms with Crippen molar-refractivity contribution >= 4 is 35.2 Å². The number of ether oxygens (including phenoxy) is 1. The Bertz CT molecular complexity index is 1520. The number of carboxylic acid groups (broad SMARTS) is 1. The van der Waals surface area contributed by atoms with Crippen molar-refractivity contribution in [3.63, 3.8) is 0 Å². The zero-order valence-corrected chi connectivity index (χ0v) is 21.0. The van der Waals surface area contributed by atoms with Crippen LogP contribution in [-0.2, 0) is 16.1 Å². The molecule has 1 atom stereocenters. The molecule has 14 nitrogen and oxygen atoms in total. The molecule has 39 heavy (non-hydrogen) atoms. The molecule has 1 aliphatic carbocycles. The third-order valence-electron chi connectivity index (χ3n) is 7.17. The molecular weight excluding hydrogens is 510 g/mol. The van der Waals surface area contributed by atoms with E-state index in [1.807, 2.05) is 6.92 Å². The van der Waals surface area contributed by atoms with Crippen molar-refractivity contribution < 1.29 is 29.0 Å². The Labute approximate surface area is 221 Å². The molecular formula is C25H27N7O7. The van der Waals surface area contributed by atoms with E-state index in [0.29, 0.717) is 42.7 Å². The summed E-state index contributed by atoms with van der Waals surface area (Å²) < 4.78 is 6.31. The number of nitrogens with one attached hydrogen (secondary N) is 4. The van der Waals surface area contributed by atoms with Crippen LogP contribution in [0.1, 0.15) is 59.1 Å². The highest BCUT2D eigenvalue weighted by molar-refractivity contribution is 5.98. The van der Waals surface area contributed by atoms with Gasteiger partial charge in [-0.1, -0.05) is 6.07 Å². The molecule has 0 radical (unpaired) electrons. The van der Waals surface area contributed by atoms with Crippen LogP contribution in [0.25, 0.3) is 5.78 Å². The molecule has 204 valence electrons. The number of anilines is 1. The van der Waals surface area contributed by atoms with Gasteiger partial charge in [0.05, 0.1) is 11.6 Å². The molecule has 0 saturated heterocycles. The smallest absolute Gasteiger partial charge is 0.349 e. The number of carboxylic acids is 1. The summed E-state index contributed by atoms with van der Waals surface area (Å²) in [5.74, 6) is -2.13. The van der Waals surface area contributed by atoms with Gasteiger partial charge in [0.1, 0.15) is 17.1 Å². The minimum absolute atomic E-state index is 0.0655. The van der Waals surface area contributed by atoms with Crippen molar-refractivity contribution in [3.05, 3.63) is 51.7 Å². The van der Waals surface area contributed by atoms with Crippen molar-refractivity contribution in [3.8, 4) is 5.75 Å². The molecule has 2 aromatic heterocycles. The summed E-state index contributed by atoms with van der Waals surface area (Å²) in [5.41, 5.74) is 0.244. The second-order valence-corrected chi connectivity index (χ2v) is 9.75. The maximum Gasteiger partial charge on any atom is 0.349 e. The molecule has 5 N–H and O–H groups in total. The molecule has 0 spiro atoms. The van der Waals surface area contributed by atoms with E-state index in [-0.39, 0.29) is 54.1 Å². The maximum absolute atomic E-state index is 13.1. The van der Waals surface area contributed by atoms with Gasteiger partial charge in [0, 0.05) is 12.6 Å². The molecule has 2 aliphatic rings. The zero-order valence-electron chi connectivity index (χ0n) is 21.0. The highest BCUT2D eigenvalue weighted by atomic mass is 16.5. The SMILES string of the molecule is C[C@@H](NC(=O)c1cc(C(=O)NCc2ccc3c(c2)NC(=O)CO3)n2c(=O)[nH]nc2n1)C1CCC(C(=O)O)CC1. The minimum Gasteiger partial charge on any atom is -0.482 e. The third-order valence-corrected chi connectivity index (χ3v) is 7.17. The Morgan fingerprint density at radius 3 is 2.67 bits per heavy atom. The van der Waals surface area contributed by atoms with Crippen LogP contribution >= 0.6 is 0 Å². The van der Waals surface area contributed by atoms with E-state index in [1.165, 1.54) is 6.07 Å². The Kier molecular flexibility index (Phi) is 7.00. The van der Waals surface area contributed by atoms with E-state index in [4.69, 9.17) is 4.74 Å². The van der Waals surface area contributed by atoms with Crippen LogP contribution in [0, 0.1) is 11.8 Å². The molecule has 14 heteroatoms. The lowest BCUT2D eigenvalue weighted by Gasteiger charge is -2.31. The fraction of sp³-hybridized carbons (Fsp3) is 0.400. The Hall–Kier alpha value is -4.75. The molecule has 5 rings (SSSR count). The average Bonchev–Trinajstić information content (AvgIpc) is 3.31. The number of fused-ring (bicyclic) bond motifs is 2. The fourth-order valence-electron chi connectivity index (χ4n) is 4.98. The third kappa shape index (κ3) is 5.44. The molecule has 0 unspecified atom stereocenters. The number of rotatable bonds is 7. The monoisotopic (exact) mass is 537 g/mol. The largest absolute Gasteiger partial charge is 0.482 e. The number of carbonyl (C=O) groups is 4. The second-order valence-electron chi connectivity index (χ2n) is 9.75. The maximum atomic E-state index is 13.1. The standard InChI is InChI=1S/C25H27N7O7/c1-12(14-3-5-15(6-4-14)23(36)37)27-21(34)17-9-18(32-24(29-17)30-31-25(32)38)22(35)26-10-13-2-7-19-16(8-13)28-20(33)11-39-19/h2,7-9,12,14-15H,3-6,10-11H2,1H3,(H,26,35)(H,27,34)(H,28,33)(H,31,38)(H,36,37)/t12-,14?,15?/m1/s1. The number of H-pyrrole nitrogens is 1. The highest BCUT2D eigenvalue weighted by Crippen LogP contribution is 2.31. The number of nitrogens with zero attached hydrogens (tertiary/aromatic N) is 3. The van der Waals surface area contributed by atoms with Gasteiger partial charge < -0.3 is 25.8 Å². The number of aromatic amines is 1. The summed E-state index contributed by atoms with van der Waals surface area (Å²) in [6.07, 6.45) is 2.45. The van der Waals surface area contributed by atoms with Gasteiger partial charge in [-0.05, 0) is 62.3 Å². The van der Waals surface area contributed by atoms with E-state index < -0.39 is 23.5 Å². The normalized spacial score (nSPS) is 19.4. The predicted molar refractivity (Wildman–Crippen MR) is 135 cm³/mol. The van der Waals surface area contributed by atoms with Crippen molar-refractivity contribution in [1.29, 1.82) is 0 Å². The first-order chi connectivity index (χ1) is 18.7. The van der Waals surface area contributed by atoms with Crippen LogP contribution in [0.5, 0.6) is 5.75 Å². The summed E-state index contributed by atoms with van der Waals surface area (Å²) >= 11 is 0. The van der Waals surface area contributed by atoms with E-state index >= 15 is 0 Å². The lowest BCUT2D eigenvalue weighted by Crippen LogP contribution is -2.40. The van der Waals surface area contributed by atoms with E-state index in [9.17, 15) is 29.1 Å². The van der Waals surface area contributed by atoms with Crippen LogP contribution < -0.4 is 26.4 Å². The van der Waals surface area contributed by atoms with Gasteiger partial charge in [0.15, 0.2) is 6.61 Å². The van der Waals surface area contributed by atoms with Gasteiger partial charge in [-0.2, -0.15) is 0 Å². The van der Waals surface area contributed by atoms with Crippen LogP contribution in [0.15, 0.2) is 29.1 Å². The quantitative estimate of drug-likeness (QED) is 0.288. The minimum atomic E-state index is -0.796. The highest BCUT2D eigenvalue weighted by Gasteiger charge is 2.30. The summed E-state index contributed by atoms with van der Waals surface area (Å²) in [7, 11) is 0. The average molecular weight is 538 g/mol. The van der Waals surface area contributed by atoms with Gasteiger partial charge in [0.25, 0.3) is 23.5 Å². The first-order valence-corrected chi connectivity index (χ1v) is 12.5. The van der Waals surface area contributed by atoms with Crippen molar-refractivity contribution in [1.82, 2.24) is 30.2 Å². The van der Waals surface area contributed by atoms with E-state index in [1.54, 1.807) is 18.2 Å². The van der Waals surface area contributed by atoms with Gasteiger partial charge in [-0.3, -0.25) is 19.2 Å². The van der Waals surface area contributed by atoms with Crippen LogP contribution in [0.4, 0.5) is 5.69 Å². The fourth-order valence-corrected chi connectivity index (χ4v) is 4.98. The zero-order chi connectivity index (χ0) is 27.7. The number of aliphatic carboxylic acids is 1. The number of benzene rings is 1. The topological polar surface area (TPSA) is 197 Å². The first kappa shape index (κ1) is 25.9. The summed E-state index contributed by atoms with van der Waals surface area (Å²) in [4.78, 5) is 65.5. The number of amides is 3. The number of aromatic nitrogens is 4. The van der Waals surface area contributed by atoms with Gasteiger partial charge in [-0.25, -0.2) is 19.3 Å². The van der Waals surface area contributed by atoms with Crippen molar-refractivity contribution in [2.24, 2.45) is 11.8 Å². The molecule has 1 aromatic carbocycles. The molecule has 3 aromatic rings. The number of hydrogen-bond acceptors (Lipinski definition) is 8. The summed E-state index contributed by atoms with van der Waals surface area (Å²) in [6, 6.07) is 6.05. The Balaban J connectivity index is 1.30. The van der Waals surface area contributed by atoms with Crippen LogP contribution in [0.3, 0.4) is 0 Å². The lowest BCUT2D eigenvalue weighted by atomic mass is 9.79. The molecule has 1 aliphatic heterocycles. The van der Waals surface area contributed by atoms with E-state index in [2.05, 4.69) is 31.1 Å². The van der Waals surface area contributed by atoms with Crippen molar-refractivity contribution in [2.75, 3.05) is 11.9 Å². The van der Waals surface area contributed by atoms with Crippen LogP contribution in [-0.4, -0.2) is 61.0 Å². The molecule has 1 fully saturated rings. The Morgan fingerprint density at radius 1 is 1.15 bits per heavy atom. The second kappa shape index (κ2) is 10.6. The summed E-state index contributed by atoms with van der Waals surface area (Å²) in [6.45, 7) is 1.85. The van der Waals surface area contributed by atoms with Crippen LogP contribution in [0.2, 0.25) is 0 Å². The molecule has 3 heterocycles. The molecule has 0 bridgehead atoms. The Morgan fingerprint density at radius 2 is 1.92 bits per heavy atom. The number of carbonyl (C=O) groups excluding carboxylic acids is 3. The van der Waals surface area contributed by atoms with Gasteiger partial charge in [-0.15, -0.1) is 5.10 Å². The van der Waals surface area contributed by atoms with E-state index in [0.717, 1.165) is 4.40 Å². The van der Waals surface area contributed by atoms with Gasteiger partial charge in [0.2, 0.25) is 0 Å². The molecule has 1 saturated carbocycles. The molecule has 3 amide bonds. The predicted octanol–water partition coefficient (Wildman–Crippen LogP) is 0.688. The summed E-state index contributed by atoms with van der Waals surface area (Å²) in [5, 5.41) is 23.6. The van der Waals surface area contributed by atoms with Gasteiger partial charge >= 0.3 is 11.7 Å². The lowest BCUT2D eigenvalue weighted by molar-refractivity contribution is -0.143.